The van der Waals surface area contributed by atoms with Crippen LogP contribution >= 0.6 is 0 Å². The molecule has 0 aliphatic carbocycles. The van der Waals surface area contributed by atoms with Gasteiger partial charge in [0.05, 0.1) is 11.8 Å². The third-order valence-corrected chi connectivity index (χ3v) is 4.20. The molecule has 1 fully saturated rings. The molecule has 1 aromatic carbocycles. The molecule has 1 aromatic heterocycles. The van der Waals surface area contributed by atoms with Crippen LogP contribution in [0.4, 0.5) is 5.69 Å². The van der Waals surface area contributed by atoms with Gasteiger partial charge in [-0.25, -0.2) is 4.79 Å². The highest BCUT2D eigenvalue weighted by molar-refractivity contribution is 6.00. The first-order valence-electron chi connectivity index (χ1n) is 8.05. The molecule has 25 heavy (non-hydrogen) atoms. The molecular formula is C18H18N2O5. The number of likely N-dealkylation sites (tertiary alicyclic amines) is 1. The zero-order valence-electron chi connectivity index (χ0n) is 13.5. The number of nitrogens with one attached hydrogen (secondary N) is 1. The van der Waals surface area contributed by atoms with E-state index in [4.69, 9.17) is 9.52 Å². The number of nitrogens with zero attached hydrogens (tertiary/aromatic N) is 1. The average Bonchev–Trinajstić information content (AvgIpc) is 3.16. The Morgan fingerprint density at radius 2 is 1.88 bits per heavy atom. The van der Waals surface area contributed by atoms with Gasteiger partial charge in [-0.2, -0.15) is 0 Å². The predicted molar refractivity (Wildman–Crippen MR) is 89.4 cm³/mol. The van der Waals surface area contributed by atoms with Crippen molar-refractivity contribution in [2.24, 2.45) is 0 Å². The summed E-state index contributed by atoms with van der Waals surface area (Å²) in [6.45, 7) is 0.496. The minimum atomic E-state index is -1.03. The maximum absolute atomic E-state index is 12.6. The van der Waals surface area contributed by atoms with Crippen molar-refractivity contribution in [2.45, 2.75) is 25.3 Å². The molecule has 0 saturated carbocycles. The largest absolute Gasteiger partial charge is 0.478 e. The van der Waals surface area contributed by atoms with Gasteiger partial charge in [-0.1, -0.05) is 0 Å². The van der Waals surface area contributed by atoms with Crippen LogP contribution in [-0.4, -0.2) is 40.4 Å². The summed E-state index contributed by atoms with van der Waals surface area (Å²) < 4.78 is 5.15. The number of carbonyl (C=O) groups excluding carboxylic acids is 2. The molecule has 1 saturated heterocycles. The van der Waals surface area contributed by atoms with Crippen LogP contribution in [0.1, 0.15) is 40.2 Å². The van der Waals surface area contributed by atoms with E-state index in [2.05, 4.69) is 5.32 Å². The maximum atomic E-state index is 12.6. The van der Waals surface area contributed by atoms with Crippen molar-refractivity contribution < 1.29 is 23.9 Å². The molecular weight excluding hydrogens is 324 g/mol. The number of hydrogen-bond acceptors (Lipinski definition) is 4. The lowest BCUT2D eigenvalue weighted by atomic mass is 10.0. The number of amides is 2. The van der Waals surface area contributed by atoms with E-state index in [0.717, 1.165) is 12.8 Å². The van der Waals surface area contributed by atoms with Gasteiger partial charge in [-0.15, -0.1) is 0 Å². The summed E-state index contributed by atoms with van der Waals surface area (Å²) in [5.41, 5.74) is 0.635. The molecule has 0 radical (unpaired) electrons. The molecule has 0 spiro atoms. The van der Waals surface area contributed by atoms with Gasteiger partial charge >= 0.3 is 5.97 Å². The third-order valence-electron chi connectivity index (χ3n) is 4.20. The van der Waals surface area contributed by atoms with Crippen LogP contribution < -0.4 is 5.32 Å². The molecule has 7 nitrogen and oxygen atoms in total. The second kappa shape index (κ2) is 7.21. The highest BCUT2D eigenvalue weighted by Crippen LogP contribution is 2.21. The number of anilines is 1. The lowest BCUT2D eigenvalue weighted by molar-refractivity contribution is -0.121. The highest BCUT2D eigenvalue weighted by atomic mass is 16.4. The van der Waals surface area contributed by atoms with Crippen molar-refractivity contribution in [3.05, 3.63) is 54.0 Å². The first-order chi connectivity index (χ1) is 12.1. The molecule has 2 N–H and O–H groups in total. The topological polar surface area (TPSA) is 99.9 Å². The smallest absolute Gasteiger partial charge is 0.335 e. The Labute approximate surface area is 144 Å². The molecule has 1 aliphatic heterocycles. The van der Waals surface area contributed by atoms with Crippen LogP contribution in [0.15, 0.2) is 47.1 Å². The highest BCUT2D eigenvalue weighted by Gasteiger charge is 2.33. The molecule has 0 bridgehead atoms. The van der Waals surface area contributed by atoms with Gasteiger partial charge in [-0.05, 0) is 55.7 Å². The summed E-state index contributed by atoms with van der Waals surface area (Å²) in [5.74, 6) is -1.40. The van der Waals surface area contributed by atoms with Crippen LogP contribution in [-0.2, 0) is 4.79 Å². The normalized spacial score (nSPS) is 17.1. The zero-order valence-corrected chi connectivity index (χ0v) is 13.5. The Hall–Kier alpha value is -3.09. The fourth-order valence-electron chi connectivity index (χ4n) is 2.91. The number of carboxylic acid groups (broad SMARTS) is 1. The Bertz CT molecular complexity index is 767. The minimum Gasteiger partial charge on any atom is -0.478 e. The minimum absolute atomic E-state index is 0.144. The van der Waals surface area contributed by atoms with Gasteiger partial charge < -0.3 is 19.7 Å². The van der Waals surface area contributed by atoms with Crippen LogP contribution in [0.2, 0.25) is 0 Å². The van der Waals surface area contributed by atoms with Crippen molar-refractivity contribution in [1.29, 1.82) is 0 Å². The Morgan fingerprint density at radius 1 is 1.12 bits per heavy atom. The fraction of sp³-hybridized carbons (Fsp3) is 0.278. The molecule has 1 aliphatic rings. The standard InChI is InChI=1S/C18H18N2O5/c21-16(19-13-8-6-12(7-9-13)18(23)24)14-4-1-2-10-20(14)17(22)15-5-3-11-25-15/h3,5-9,11,14H,1-2,4,10H2,(H,19,21)(H,23,24). The quantitative estimate of drug-likeness (QED) is 0.889. The summed E-state index contributed by atoms with van der Waals surface area (Å²) in [4.78, 5) is 37.6. The number of carbonyl (C=O) groups is 3. The summed E-state index contributed by atoms with van der Waals surface area (Å²) in [6.07, 6.45) is 3.70. The average molecular weight is 342 g/mol. The Kier molecular flexibility index (Phi) is 4.83. The first kappa shape index (κ1) is 16.8. The van der Waals surface area contributed by atoms with Crippen molar-refractivity contribution in [2.75, 3.05) is 11.9 Å². The van der Waals surface area contributed by atoms with E-state index in [1.165, 1.54) is 35.4 Å². The third kappa shape index (κ3) is 3.71. The van der Waals surface area contributed by atoms with Crippen molar-refractivity contribution >= 4 is 23.5 Å². The molecule has 2 heterocycles. The predicted octanol–water partition coefficient (Wildman–Crippen LogP) is 2.61. The van der Waals surface area contributed by atoms with Crippen LogP contribution in [0.3, 0.4) is 0 Å². The second-order valence-corrected chi connectivity index (χ2v) is 5.86. The van der Waals surface area contributed by atoms with Crippen molar-refractivity contribution in [3.63, 3.8) is 0 Å². The van der Waals surface area contributed by atoms with Crippen LogP contribution in [0.5, 0.6) is 0 Å². The Balaban J connectivity index is 1.72. The summed E-state index contributed by atoms with van der Waals surface area (Å²) in [6, 6.07) is 8.54. The summed E-state index contributed by atoms with van der Waals surface area (Å²) in [5, 5.41) is 11.7. The molecule has 7 heteroatoms. The van der Waals surface area contributed by atoms with E-state index >= 15 is 0 Å². The molecule has 1 atom stereocenters. The lowest BCUT2D eigenvalue weighted by Gasteiger charge is -2.34. The van der Waals surface area contributed by atoms with E-state index in [9.17, 15) is 14.4 Å². The zero-order chi connectivity index (χ0) is 17.8. The van der Waals surface area contributed by atoms with Crippen molar-refractivity contribution in [1.82, 2.24) is 4.90 Å². The van der Waals surface area contributed by atoms with Gasteiger partial charge in [0.2, 0.25) is 5.91 Å². The van der Waals surface area contributed by atoms with Gasteiger partial charge in [0.1, 0.15) is 6.04 Å². The first-order valence-corrected chi connectivity index (χ1v) is 8.05. The lowest BCUT2D eigenvalue weighted by Crippen LogP contribution is -2.49. The number of aromatic carboxylic acids is 1. The number of benzene rings is 1. The number of hydrogen-bond donors (Lipinski definition) is 2. The van der Waals surface area contributed by atoms with Gasteiger partial charge in [0.15, 0.2) is 5.76 Å². The second-order valence-electron chi connectivity index (χ2n) is 5.86. The van der Waals surface area contributed by atoms with E-state index in [1.807, 2.05) is 0 Å². The SMILES string of the molecule is O=C(O)c1ccc(NC(=O)C2CCCCN2C(=O)c2ccco2)cc1. The molecule has 2 aromatic rings. The van der Waals surface area contributed by atoms with E-state index in [1.54, 1.807) is 12.1 Å². The molecule has 3 rings (SSSR count). The monoisotopic (exact) mass is 342 g/mol. The number of piperidine rings is 1. The summed E-state index contributed by atoms with van der Waals surface area (Å²) >= 11 is 0. The van der Waals surface area contributed by atoms with Crippen molar-refractivity contribution in [3.8, 4) is 0 Å². The fourth-order valence-corrected chi connectivity index (χ4v) is 2.91. The Morgan fingerprint density at radius 3 is 2.52 bits per heavy atom. The summed E-state index contributed by atoms with van der Waals surface area (Å²) in [7, 11) is 0. The van der Waals surface area contributed by atoms with Gasteiger partial charge in [0.25, 0.3) is 5.91 Å². The number of carboxylic acids is 1. The van der Waals surface area contributed by atoms with E-state index in [-0.39, 0.29) is 23.1 Å². The van der Waals surface area contributed by atoms with Crippen LogP contribution in [0, 0.1) is 0 Å². The van der Waals surface area contributed by atoms with Gasteiger partial charge in [-0.3, -0.25) is 9.59 Å². The number of rotatable bonds is 4. The number of furan rings is 1. The van der Waals surface area contributed by atoms with E-state index < -0.39 is 12.0 Å². The maximum Gasteiger partial charge on any atom is 0.335 e. The van der Waals surface area contributed by atoms with Crippen LogP contribution in [0.25, 0.3) is 0 Å². The van der Waals surface area contributed by atoms with E-state index in [0.29, 0.717) is 18.7 Å². The molecule has 1 unspecified atom stereocenters. The van der Waals surface area contributed by atoms with Gasteiger partial charge in [0, 0.05) is 12.2 Å². The molecule has 2 amide bonds. The molecule has 130 valence electrons.